The normalized spacial score (nSPS) is 18.1. The highest BCUT2D eigenvalue weighted by molar-refractivity contribution is 6.83. The van der Waals surface area contributed by atoms with E-state index in [4.69, 9.17) is 4.74 Å². The van der Waals surface area contributed by atoms with E-state index >= 15 is 0 Å². The summed E-state index contributed by atoms with van der Waals surface area (Å²) in [6, 6.07) is 6.36. The first-order chi connectivity index (χ1) is 10.8. The number of methoxy groups -OCH3 is 1. The summed E-state index contributed by atoms with van der Waals surface area (Å²) >= 11 is 0. The van der Waals surface area contributed by atoms with E-state index in [2.05, 4.69) is 54.3 Å². The van der Waals surface area contributed by atoms with Crippen molar-refractivity contribution in [3.8, 4) is 11.5 Å². The molecule has 124 valence electrons. The summed E-state index contributed by atoms with van der Waals surface area (Å²) in [5.74, 6) is 2.86. The summed E-state index contributed by atoms with van der Waals surface area (Å²) in [4.78, 5) is 14.4. The quantitative estimate of drug-likeness (QED) is 0.514. The number of nitrogens with zero attached hydrogens (tertiary/aromatic N) is 1. The molecule has 1 N–H and O–H groups in total. The highest BCUT2D eigenvalue weighted by atomic mass is 28.3. The maximum absolute atomic E-state index is 12.1. The van der Waals surface area contributed by atoms with Crippen LogP contribution in [0.4, 0.5) is 5.69 Å². The van der Waals surface area contributed by atoms with Gasteiger partial charge in [-0.25, -0.2) is 4.79 Å². The van der Waals surface area contributed by atoms with Crippen LogP contribution in [0.5, 0.6) is 0 Å². The monoisotopic (exact) mass is 330 g/mol. The molecular formula is C18H26N2O2Si. The Balaban J connectivity index is 2.37. The molecule has 5 heteroatoms. The van der Waals surface area contributed by atoms with E-state index < -0.39 is 8.07 Å². The van der Waals surface area contributed by atoms with E-state index in [1.807, 2.05) is 12.1 Å². The Kier molecular flexibility index (Phi) is 5.50. The van der Waals surface area contributed by atoms with E-state index in [1.54, 1.807) is 0 Å². The number of benzene rings is 1. The second kappa shape index (κ2) is 7.20. The Morgan fingerprint density at radius 3 is 2.74 bits per heavy atom. The van der Waals surface area contributed by atoms with E-state index in [9.17, 15) is 4.79 Å². The Bertz CT molecular complexity index is 641. The highest BCUT2D eigenvalue weighted by Gasteiger charge is 2.19. The van der Waals surface area contributed by atoms with Crippen molar-refractivity contribution in [2.24, 2.45) is 0 Å². The summed E-state index contributed by atoms with van der Waals surface area (Å²) in [6.07, 6.45) is 0. The molecule has 23 heavy (non-hydrogen) atoms. The summed E-state index contributed by atoms with van der Waals surface area (Å²) < 4.78 is 4.95. The molecule has 0 spiro atoms. The number of carbonyl (C=O) groups excluding carboxylic acids is 1. The first-order valence-corrected chi connectivity index (χ1v) is 11.5. The zero-order valence-corrected chi connectivity index (χ0v) is 15.7. The molecule has 2 rings (SSSR count). The second-order valence-corrected chi connectivity index (χ2v) is 11.8. The van der Waals surface area contributed by atoms with Crippen molar-refractivity contribution < 1.29 is 9.53 Å². The van der Waals surface area contributed by atoms with Crippen molar-refractivity contribution in [3.63, 3.8) is 0 Å². The van der Waals surface area contributed by atoms with Crippen LogP contribution in [-0.4, -0.2) is 46.8 Å². The number of rotatable bonds is 2. The molecule has 1 fully saturated rings. The van der Waals surface area contributed by atoms with Crippen molar-refractivity contribution in [1.29, 1.82) is 0 Å². The third kappa shape index (κ3) is 4.85. The first kappa shape index (κ1) is 17.6. The topological polar surface area (TPSA) is 41.6 Å². The van der Waals surface area contributed by atoms with Gasteiger partial charge >= 0.3 is 5.97 Å². The molecule has 0 amide bonds. The molecule has 1 aliphatic rings. The Morgan fingerprint density at radius 1 is 1.39 bits per heavy atom. The van der Waals surface area contributed by atoms with Gasteiger partial charge in [0.05, 0.1) is 12.7 Å². The van der Waals surface area contributed by atoms with Gasteiger partial charge in [-0.05, 0) is 25.1 Å². The Hall–Kier alpha value is -1.77. The molecule has 0 bridgehead atoms. The summed E-state index contributed by atoms with van der Waals surface area (Å²) in [5.41, 5.74) is 5.69. The number of nitrogens with one attached hydrogen (secondary N) is 1. The van der Waals surface area contributed by atoms with Crippen molar-refractivity contribution in [3.05, 3.63) is 29.3 Å². The zero-order valence-electron chi connectivity index (χ0n) is 14.7. The molecule has 1 aliphatic heterocycles. The molecule has 1 atom stereocenters. The zero-order chi connectivity index (χ0) is 17.0. The summed E-state index contributed by atoms with van der Waals surface area (Å²) in [6.45, 7) is 11.6. The lowest BCUT2D eigenvalue weighted by Gasteiger charge is -2.33. The first-order valence-electron chi connectivity index (χ1n) is 8.04. The predicted octanol–water partition coefficient (Wildman–Crippen LogP) is 2.50. The third-order valence-corrected chi connectivity index (χ3v) is 4.59. The van der Waals surface area contributed by atoms with Crippen LogP contribution in [0.1, 0.15) is 22.8 Å². The van der Waals surface area contributed by atoms with Gasteiger partial charge in [0.25, 0.3) is 0 Å². The van der Waals surface area contributed by atoms with Crippen molar-refractivity contribution in [2.45, 2.75) is 32.6 Å². The minimum Gasteiger partial charge on any atom is -0.465 e. The summed E-state index contributed by atoms with van der Waals surface area (Å²) in [5, 5.41) is 3.43. The molecule has 0 saturated carbocycles. The average Bonchev–Trinajstić information content (AvgIpc) is 2.51. The van der Waals surface area contributed by atoms with Crippen molar-refractivity contribution in [1.82, 2.24) is 5.32 Å². The van der Waals surface area contributed by atoms with Gasteiger partial charge in [-0.15, -0.1) is 5.54 Å². The fraction of sp³-hybridized carbons (Fsp3) is 0.500. The molecule has 1 saturated heterocycles. The van der Waals surface area contributed by atoms with Gasteiger partial charge in [-0.3, -0.25) is 0 Å². The highest BCUT2D eigenvalue weighted by Crippen LogP contribution is 2.21. The van der Waals surface area contributed by atoms with Crippen molar-refractivity contribution >= 4 is 19.7 Å². The van der Waals surface area contributed by atoms with Gasteiger partial charge in [0.1, 0.15) is 8.07 Å². The molecule has 0 aliphatic carbocycles. The van der Waals surface area contributed by atoms with Crippen LogP contribution in [0, 0.1) is 11.5 Å². The number of anilines is 1. The molecular weight excluding hydrogens is 304 g/mol. The average molecular weight is 331 g/mol. The number of hydrogen-bond donors (Lipinski definition) is 1. The fourth-order valence-electron chi connectivity index (χ4n) is 2.54. The van der Waals surface area contributed by atoms with Crippen LogP contribution in [0.15, 0.2) is 18.2 Å². The minimum absolute atomic E-state index is 0.324. The lowest BCUT2D eigenvalue weighted by atomic mass is 10.1. The predicted molar refractivity (Wildman–Crippen MR) is 97.7 cm³/mol. The van der Waals surface area contributed by atoms with Crippen LogP contribution >= 0.6 is 0 Å². The number of esters is 1. The van der Waals surface area contributed by atoms with Crippen LogP contribution in [0.3, 0.4) is 0 Å². The minimum atomic E-state index is -1.49. The molecule has 1 aromatic carbocycles. The maximum atomic E-state index is 12.1. The fourth-order valence-corrected chi connectivity index (χ4v) is 3.05. The number of hydrogen-bond acceptors (Lipinski definition) is 4. The molecule has 4 nitrogen and oxygen atoms in total. The summed E-state index contributed by atoms with van der Waals surface area (Å²) in [7, 11) is -0.0805. The maximum Gasteiger partial charge on any atom is 0.339 e. The lowest BCUT2D eigenvalue weighted by molar-refractivity contribution is 0.0600. The van der Waals surface area contributed by atoms with Crippen molar-refractivity contribution in [2.75, 3.05) is 31.6 Å². The Labute approximate surface area is 140 Å². The smallest absolute Gasteiger partial charge is 0.339 e. The number of piperazine rings is 1. The number of carbonyl (C=O) groups is 1. The van der Waals surface area contributed by atoms with E-state index in [-0.39, 0.29) is 5.97 Å². The van der Waals surface area contributed by atoms with Gasteiger partial charge in [0.2, 0.25) is 0 Å². The van der Waals surface area contributed by atoms with Gasteiger partial charge in [0, 0.05) is 36.9 Å². The van der Waals surface area contributed by atoms with Gasteiger partial charge in [-0.1, -0.05) is 25.6 Å². The van der Waals surface area contributed by atoms with Gasteiger partial charge in [0.15, 0.2) is 0 Å². The molecule has 1 unspecified atom stereocenters. The molecule has 1 heterocycles. The van der Waals surface area contributed by atoms with E-state index in [0.29, 0.717) is 11.6 Å². The van der Waals surface area contributed by atoms with Crippen LogP contribution in [-0.2, 0) is 4.74 Å². The standard InChI is InChI=1S/C18H26N2O2Si/c1-14-13-20(10-9-19-14)16-7-6-15(8-11-23(3,4)5)17(12-16)18(21)22-2/h6-7,12,14,19H,9-10,13H2,1-5H3. The molecule has 1 aromatic rings. The van der Waals surface area contributed by atoms with E-state index in [0.717, 1.165) is 30.9 Å². The SMILES string of the molecule is COC(=O)c1cc(N2CCNC(C)C2)ccc1C#C[Si](C)(C)C. The van der Waals surface area contributed by atoms with Crippen LogP contribution in [0.2, 0.25) is 19.6 Å². The Morgan fingerprint density at radius 2 is 2.13 bits per heavy atom. The third-order valence-electron chi connectivity index (χ3n) is 3.71. The van der Waals surface area contributed by atoms with Crippen LogP contribution < -0.4 is 10.2 Å². The largest absolute Gasteiger partial charge is 0.465 e. The van der Waals surface area contributed by atoms with E-state index in [1.165, 1.54) is 7.11 Å². The van der Waals surface area contributed by atoms with Crippen LogP contribution in [0.25, 0.3) is 0 Å². The number of ether oxygens (including phenoxy) is 1. The van der Waals surface area contributed by atoms with Gasteiger partial charge < -0.3 is 15.0 Å². The second-order valence-electron chi connectivity index (χ2n) is 7.02. The lowest BCUT2D eigenvalue weighted by Crippen LogP contribution is -2.49. The molecule has 0 radical (unpaired) electrons. The van der Waals surface area contributed by atoms with Gasteiger partial charge in [-0.2, -0.15) is 0 Å². The molecule has 0 aromatic heterocycles.